The molecule has 2 rings (SSSR count). The lowest BCUT2D eigenvalue weighted by Gasteiger charge is -2.09. The van der Waals surface area contributed by atoms with Gasteiger partial charge in [0.05, 0.1) is 6.61 Å². The second kappa shape index (κ2) is 5.98. The Kier molecular flexibility index (Phi) is 4.33. The molecule has 0 radical (unpaired) electrons. The molecule has 94 valence electrons. The van der Waals surface area contributed by atoms with Crippen LogP contribution in [-0.2, 0) is 13.2 Å². The highest BCUT2D eigenvalue weighted by Crippen LogP contribution is 2.21. The van der Waals surface area contributed by atoms with Crippen molar-refractivity contribution in [1.29, 1.82) is 0 Å². The van der Waals surface area contributed by atoms with Gasteiger partial charge in [0, 0.05) is 10.0 Å². The Morgan fingerprint density at radius 1 is 1.17 bits per heavy atom. The van der Waals surface area contributed by atoms with Crippen molar-refractivity contribution in [2.75, 3.05) is 0 Å². The third kappa shape index (κ3) is 3.31. The standard InChI is InChI=1S/C14H12BrFO2/c15-14-7-12(16)5-4-11(14)9-18-13-3-1-2-10(6-13)8-17/h1-7,17H,8-9H2. The summed E-state index contributed by atoms with van der Waals surface area (Å²) in [6.07, 6.45) is 0. The predicted molar refractivity (Wildman–Crippen MR) is 70.8 cm³/mol. The summed E-state index contributed by atoms with van der Waals surface area (Å²) in [7, 11) is 0. The molecule has 0 atom stereocenters. The number of hydrogen-bond donors (Lipinski definition) is 1. The first kappa shape index (κ1) is 13.1. The fraction of sp³-hybridized carbons (Fsp3) is 0.143. The summed E-state index contributed by atoms with van der Waals surface area (Å²) in [5, 5.41) is 9.02. The molecule has 0 aliphatic rings. The molecule has 1 N–H and O–H groups in total. The smallest absolute Gasteiger partial charge is 0.124 e. The van der Waals surface area contributed by atoms with Gasteiger partial charge < -0.3 is 9.84 Å². The van der Waals surface area contributed by atoms with E-state index in [1.807, 2.05) is 18.2 Å². The van der Waals surface area contributed by atoms with E-state index >= 15 is 0 Å². The number of halogens is 2. The van der Waals surface area contributed by atoms with Crippen LogP contribution in [0.15, 0.2) is 46.9 Å². The minimum absolute atomic E-state index is 0.0164. The number of benzene rings is 2. The van der Waals surface area contributed by atoms with Crippen LogP contribution in [-0.4, -0.2) is 5.11 Å². The van der Waals surface area contributed by atoms with Gasteiger partial charge >= 0.3 is 0 Å². The van der Waals surface area contributed by atoms with E-state index in [0.717, 1.165) is 11.1 Å². The Labute approximate surface area is 113 Å². The van der Waals surface area contributed by atoms with Gasteiger partial charge in [0.25, 0.3) is 0 Å². The monoisotopic (exact) mass is 310 g/mol. The zero-order valence-corrected chi connectivity index (χ0v) is 11.2. The SMILES string of the molecule is OCc1cccc(OCc2ccc(F)cc2Br)c1. The molecule has 0 bridgehead atoms. The molecule has 0 spiro atoms. The lowest BCUT2D eigenvalue weighted by molar-refractivity contribution is 0.278. The van der Waals surface area contributed by atoms with Gasteiger partial charge in [-0.2, -0.15) is 0 Å². The maximum Gasteiger partial charge on any atom is 0.124 e. The van der Waals surface area contributed by atoms with Crippen molar-refractivity contribution < 1.29 is 14.2 Å². The van der Waals surface area contributed by atoms with Gasteiger partial charge in [-0.15, -0.1) is 0 Å². The van der Waals surface area contributed by atoms with Gasteiger partial charge in [0.1, 0.15) is 18.2 Å². The van der Waals surface area contributed by atoms with Crippen molar-refractivity contribution in [3.05, 3.63) is 63.9 Å². The van der Waals surface area contributed by atoms with Crippen molar-refractivity contribution >= 4 is 15.9 Å². The number of rotatable bonds is 4. The summed E-state index contributed by atoms with van der Waals surface area (Å²) in [5.74, 6) is 0.394. The predicted octanol–water partition coefficient (Wildman–Crippen LogP) is 3.66. The summed E-state index contributed by atoms with van der Waals surface area (Å²) >= 11 is 3.29. The Balaban J connectivity index is 2.06. The molecule has 0 aliphatic heterocycles. The molecule has 0 heterocycles. The highest BCUT2D eigenvalue weighted by atomic mass is 79.9. The average molecular weight is 311 g/mol. The number of hydrogen-bond acceptors (Lipinski definition) is 2. The maximum absolute atomic E-state index is 12.9. The molecular weight excluding hydrogens is 299 g/mol. The Bertz CT molecular complexity index is 543. The fourth-order valence-corrected chi connectivity index (χ4v) is 2.00. The van der Waals surface area contributed by atoms with Gasteiger partial charge in [0.15, 0.2) is 0 Å². The third-order valence-electron chi connectivity index (χ3n) is 2.49. The number of aliphatic hydroxyl groups is 1. The van der Waals surface area contributed by atoms with E-state index in [-0.39, 0.29) is 12.4 Å². The largest absolute Gasteiger partial charge is 0.489 e. The van der Waals surface area contributed by atoms with E-state index in [0.29, 0.717) is 16.8 Å². The topological polar surface area (TPSA) is 29.5 Å². The fourth-order valence-electron chi connectivity index (χ4n) is 1.53. The highest BCUT2D eigenvalue weighted by Gasteiger charge is 2.03. The van der Waals surface area contributed by atoms with Gasteiger partial charge in [0.2, 0.25) is 0 Å². The molecule has 0 aliphatic carbocycles. The molecule has 0 amide bonds. The van der Waals surface area contributed by atoms with Crippen LogP contribution >= 0.6 is 15.9 Å². The molecule has 0 aromatic heterocycles. The van der Waals surface area contributed by atoms with Crippen molar-refractivity contribution in [2.45, 2.75) is 13.2 Å². The third-order valence-corrected chi connectivity index (χ3v) is 3.23. The molecule has 0 saturated heterocycles. The van der Waals surface area contributed by atoms with Gasteiger partial charge in [-0.25, -0.2) is 4.39 Å². The molecule has 0 unspecified atom stereocenters. The molecule has 4 heteroatoms. The normalized spacial score (nSPS) is 10.4. The summed E-state index contributed by atoms with van der Waals surface area (Å²) in [4.78, 5) is 0. The highest BCUT2D eigenvalue weighted by molar-refractivity contribution is 9.10. The first-order valence-electron chi connectivity index (χ1n) is 5.45. The molecular formula is C14H12BrFO2. The van der Waals surface area contributed by atoms with Crippen LogP contribution in [0.1, 0.15) is 11.1 Å². The zero-order chi connectivity index (χ0) is 13.0. The Morgan fingerprint density at radius 2 is 2.00 bits per heavy atom. The van der Waals surface area contributed by atoms with Crippen molar-refractivity contribution in [1.82, 2.24) is 0 Å². The van der Waals surface area contributed by atoms with E-state index < -0.39 is 0 Å². The van der Waals surface area contributed by atoms with Crippen LogP contribution in [0.25, 0.3) is 0 Å². The van der Waals surface area contributed by atoms with Crippen molar-refractivity contribution in [3.8, 4) is 5.75 Å². The number of aliphatic hydroxyl groups excluding tert-OH is 1. The minimum atomic E-state index is -0.284. The van der Waals surface area contributed by atoms with Gasteiger partial charge in [-0.05, 0) is 29.8 Å². The number of ether oxygens (including phenoxy) is 1. The summed E-state index contributed by atoms with van der Waals surface area (Å²) in [5.41, 5.74) is 1.66. The lowest BCUT2D eigenvalue weighted by Crippen LogP contribution is -1.97. The molecule has 0 saturated carbocycles. The quantitative estimate of drug-likeness (QED) is 0.934. The molecule has 2 aromatic rings. The van der Waals surface area contributed by atoms with E-state index in [2.05, 4.69) is 15.9 Å². The minimum Gasteiger partial charge on any atom is -0.489 e. The van der Waals surface area contributed by atoms with Crippen LogP contribution in [0, 0.1) is 5.82 Å². The van der Waals surface area contributed by atoms with Crippen LogP contribution in [0.2, 0.25) is 0 Å². The van der Waals surface area contributed by atoms with Gasteiger partial charge in [-0.1, -0.05) is 34.1 Å². The van der Waals surface area contributed by atoms with Crippen LogP contribution < -0.4 is 4.74 Å². The van der Waals surface area contributed by atoms with Crippen molar-refractivity contribution in [3.63, 3.8) is 0 Å². The van der Waals surface area contributed by atoms with Crippen LogP contribution in [0.4, 0.5) is 4.39 Å². The molecule has 18 heavy (non-hydrogen) atoms. The molecule has 2 aromatic carbocycles. The average Bonchev–Trinajstić information content (AvgIpc) is 2.38. The molecule has 2 nitrogen and oxygen atoms in total. The second-order valence-electron chi connectivity index (χ2n) is 3.83. The van der Waals surface area contributed by atoms with Gasteiger partial charge in [-0.3, -0.25) is 0 Å². The Hall–Kier alpha value is -1.39. The zero-order valence-electron chi connectivity index (χ0n) is 9.57. The van der Waals surface area contributed by atoms with Crippen LogP contribution in [0.5, 0.6) is 5.75 Å². The maximum atomic E-state index is 12.9. The summed E-state index contributed by atoms with van der Waals surface area (Å²) in [6, 6.07) is 11.7. The van der Waals surface area contributed by atoms with Crippen LogP contribution in [0.3, 0.4) is 0 Å². The summed E-state index contributed by atoms with van der Waals surface area (Å²) < 4.78 is 19.2. The summed E-state index contributed by atoms with van der Waals surface area (Å²) in [6.45, 7) is 0.327. The Morgan fingerprint density at radius 3 is 2.72 bits per heavy atom. The van der Waals surface area contributed by atoms with E-state index in [1.54, 1.807) is 12.1 Å². The lowest BCUT2D eigenvalue weighted by atomic mass is 10.2. The van der Waals surface area contributed by atoms with E-state index in [1.165, 1.54) is 12.1 Å². The molecule has 0 fully saturated rings. The van der Waals surface area contributed by atoms with E-state index in [4.69, 9.17) is 9.84 Å². The van der Waals surface area contributed by atoms with Crippen molar-refractivity contribution in [2.24, 2.45) is 0 Å². The van der Waals surface area contributed by atoms with E-state index in [9.17, 15) is 4.39 Å². The first-order valence-corrected chi connectivity index (χ1v) is 6.25. The first-order chi connectivity index (χ1) is 8.69. The second-order valence-corrected chi connectivity index (χ2v) is 4.68.